The number of pyridine rings is 1. The molecule has 0 spiro atoms. The maximum absolute atomic E-state index is 12.0. The molecule has 0 aliphatic heterocycles. The summed E-state index contributed by atoms with van der Waals surface area (Å²) in [6.45, 7) is 5.92. The predicted octanol–water partition coefficient (Wildman–Crippen LogP) is 2.64. The molecule has 5 heteroatoms. The third kappa shape index (κ3) is 5.07. The summed E-state index contributed by atoms with van der Waals surface area (Å²) in [6.07, 6.45) is 2.52. The Bertz CT molecular complexity index is 654. The molecule has 2 N–H and O–H groups in total. The first-order valence-electron chi connectivity index (χ1n) is 7.60. The van der Waals surface area contributed by atoms with Gasteiger partial charge in [0.25, 0.3) is 5.91 Å². The van der Waals surface area contributed by atoms with Crippen molar-refractivity contribution >= 4 is 5.91 Å². The molecule has 0 bridgehead atoms. The first kappa shape index (κ1) is 17.0. The fourth-order valence-corrected chi connectivity index (χ4v) is 2.13. The van der Waals surface area contributed by atoms with E-state index in [-0.39, 0.29) is 18.6 Å². The van der Waals surface area contributed by atoms with Crippen LogP contribution in [0.1, 0.15) is 41.4 Å². The van der Waals surface area contributed by atoms with Gasteiger partial charge in [-0.15, -0.1) is 0 Å². The van der Waals surface area contributed by atoms with Crippen LogP contribution in [0.25, 0.3) is 0 Å². The summed E-state index contributed by atoms with van der Waals surface area (Å²) in [7, 11) is 0. The van der Waals surface area contributed by atoms with Crippen LogP contribution in [0.2, 0.25) is 0 Å². The number of ether oxygens (including phenoxy) is 1. The largest absolute Gasteiger partial charge is 0.491 e. The second kappa shape index (κ2) is 7.74. The van der Waals surface area contributed by atoms with E-state index in [1.807, 2.05) is 32.9 Å². The summed E-state index contributed by atoms with van der Waals surface area (Å²) in [4.78, 5) is 16.0. The summed E-state index contributed by atoms with van der Waals surface area (Å²) in [5.41, 5.74) is 2.13. The van der Waals surface area contributed by atoms with Crippen LogP contribution in [0.4, 0.5) is 0 Å². The number of benzene rings is 1. The number of aromatic nitrogens is 1. The highest BCUT2D eigenvalue weighted by Gasteiger charge is 2.11. The third-order valence-electron chi connectivity index (χ3n) is 3.23. The Morgan fingerprint density at radius 2 is 1.96 bits per heavy atom. The molecule has 0 aliphatic carbocycles. The first-order chi connectivity index (χ1) is 11.0. The smallest absolute Gasteiger partial charge is 0.252 e. The fourth-order valence-electron chi connectivity index (χ4n) is 2.13. The van der Waals surface area contributed by atoms with Gasteiger partial charge in [0.05, 0.1) is 17.8 Å². The van der Waals surface area contributed by atoms with Crippen LogP contribution in [-0.4, -0.2) is 28.6 Å². The average molecular weight is 314 g/mol. The molecular weight excluding hydrogens is 292 g/mol. The normalized spacial score (nSPS) is 12.0. The number of hydrogen-bond acceptors (Lipinski definition) is 4. The molecule has 0 saturated heterocycles. The lowest BCUT2D eigenvalue weighted by molar-refractivity contribution is 0.0915. The molecule has 2 aromatic rings. The number of nitrogens with one attached hydrogen (secondary N) is 1. The Labute approximate surface area is 136 Å². The number of carbonyl (C=O) groups is 1. The highest BCUT2D eigenvalue weighted by molar-refractivity contribution is 5.94. The van der Waals surface area contributed by atoms with E-state index in [1.54, 1.807) is 24.4 Å². The lowest BCUT2D eigenvalue weighted by Gasteiger charge is -2.14. The van der Waals surface area contributed by atoms with E-state index in [4.69, 9.17) is 4.74 Å². The average Bonchev–Trinajstić information content (AvgIpc) is 2.52. The van der Waals surface area contributed by atoms with E-state index in [1.165, 1.54) is 6.20 Å². The van der Waals surface area contributed by atoms with Crippen molar-refractivity contribution < 1.29 is 14.6 Å². The van der Waals surface area contributed by atoms with Gasteiger partial charge >= 0.3 is 0 Å². The second-order valence-electron chi connectivity index (χ2n) is 5.71. The number of aliphatic hydroxyl groups excluding tert-OH is 1. The monoisotopic (exact) mass is 314 g/mol. The van der Waals surface area contributed by atoms with Crippen molar-refractivity contribution in [3.05, 3.63) is 59.4 Å². The molecule has 0 aliphatic rings. The van der Waals surface area contributed by atoms with Gasteiger partial charge in [0.1, 0.15) is 5.75 Å². The minimum Gasteiger partial charge on any atom is -0.491 e. The van der Waals surface area contributed by atoms with Crippen LogP contribution in [0.15, 0.2) is 42.7 Å². The molecule has 1 atom stereocenters. The number of aryl methyl sites for hydroxylation is 1. The molecule has 1 unspecified atom stereocenters. The molecule has 23 heavy (non-hydrogen) atoms. The van der Waals surface area contributed by atoms with E-state index >= 15 is 0 Å². The maximum atomic E-state index is 12.0. The molecule has 5 nitrogen and oxygen atoms in total. The zero-order valence-electron chi connectivity index (χ0n) is 13.6. The highest BCUT2D eigenvalue weighted by atomic mass is 16.5. The van der Waals surface area contributed by atoms with Gasteiger partial charge in [0.2, 0.25) is 0 Å². The van der Waals surface area contributed by atoms with Gasteiger partial charge in [-0.1, -0.05) is 12.1 Å². The zero-order valence-corrected chi connectivity index (χ0v) is 13.6. The predicted molar refractivity (Wildman–Crippen MR) is 88.5 cm³/mol. The van der Waals surface area contributed by atoms with Crippen LogP contribution >= 0.6 is 0 Å². The fraction of sp³-hybridized carbons (Fsp3) is 0.333. The van der Waals surface area contributed by atoms with Gasteiger partial charge in [0.15, 0.2) is 0 Å². The van der Waals surface area contributed by atoms with Crippen molar-refractivity contribution in [1.82, 2.24) is 10.3 Å². The Hall–Kier alpha value is -2.40. The zero-order chi connectivity index (χ0) is 16.8. The minimum absolute atomic E-state index is 0.105. The summed E-state index contributed by atoms with van der Waals surface area (Å²) in [6, 6.07) is 8.97. The quantitative estimate of drug-likeness (QED) is 0.860. The second-order valence-corrected chi connectivity index (χ2v) is 5.71. The lowest BCUT2D eigenvalue weighted by Crippen LogP contribution is -2.28. The van der Waals surface area contributed by atoms with E-state index in [9.17, 15) is 9.90 Å². The van der Waals surface area contributed by atoms with E-state index < -0.39 is 6.10 Å². The summed E-state index contributed by atoms with van der Waals surface area (Å²) >= 11 is 0. The Kier molecular flexibility index (Phi) is 5.71. The van der Waals surface area contributed by atoms with Crippen LogP contribution in [0.5, 0.6) is 5.75 Å². The Morgan fingerprint density at radius 1 is 1.26 bits per heavy atom. The molecule has 0 radical (unpaired) electrons. The Balaban J connectivity index is 1.91. The van der Waals surface area contributed by atoms with Gasteiger partial charge in [-0.3, -0.25) is 9.78 Å². The SMILES string of the molecule is Cc1cncc(C(=O)NCC(O)c2ccc(OC(C)C)cc2)c1. The molecule has 0 fully saturated rings. The van der Waals surface area contributed by atoms with Gasteiger partial charge in [-0.05, 0) is 50.1 Å². The molecule has 1 heterocycles. The molecule has 0 saturated carbocycles. The van der Waals surface area contributed by atoms with Crippen LogP contribution in [-0.2, 0) is 0 Å². The van der Waals surface area contributed by atoms with Crippen molar-refractivity contribution in [3.63, 3.8) is 0 Å². The van der Waals surface area contributed by atoms with Gasteiger partial charge in [0, 0.05) is 18.9 Å². The minimum atomic E-state index is -0.773. The van der Waals surface area contributed by atoms with Crippen molar-refractivity contribution in [2.75, 3.05) is 6.54 Å². The van der Waals surface area contributed by atoms with Gasteiger partial charge in [-0.25, -0.2) is 0 Å². The number of hydrogen-bond donors (Lipinski definition) is 2. The molecule has 1 aromatic heterocycles. The van der Waals surface area contributed by atoms with E-state index in [0.29, 0.717) is 5.56 Å². The van der Waals surface area contributed by atoms with Crippen molar-refractivity contribution in [3.8, 4) is 5.75 Å². The number of aliphatic hydroxyl groups is 1. The molecule has 1 amide bonds. The van der Waals surface area contributed by atoms with Gasteiger partial charge < -0.3 is 15.2 Å². The maximum Gasteiger partial charge on any atom is 0.252 e. The summed E-state index contributed by atoms with van der Waals surface area (Å²) in [5.74, 6) is 0.505. The molecule has 1 aromatic carbocycles. The van der Waals surface area contributed by atoms with Crippen LogP contribution < -0.4 is 10.1 Å². The summed E-state index contributed by atoms with van der Waals surface area (Å²) < 4.78 is 5.56. The van der Waals surface area contributed by atoms with Gasteiger partial charge in [-0.2, -0.15) is 0 Å². The Morgan fingerprint density at radius 3 is 2.57 bits per heavy atom. The first-order valence-corrected chi connectivity index (χ1v) is 7.60. The number of rotatable bonds is 6. The third-order valence-corrected chi connectivity index (χ3v) is 3.23. The topological polar surface area (TPSA) is 71.5 Å². The number of amides is 1. The van der Waals surface area contributed by atoms with Crippen molar-refractivity contribution in [2.45, 2.75) is 33.0 Å². The summed E-state index contributed by atoms with van der Waals surface area (Å²) in [5, 5.41) is 12.9. The lowest BCUT2D eigenvalue weighted by atomic mass is 10.1. The van der Waals surface area contributed by atoms with Crippen molar-refractivity contribution in [2.24, 2.45) is 0 Å². The van der Waals surface area contributed by atoms with Crippen LogP contribution in [0, 0.1) is 6.92 Å². The molecule has 2 rings (SSSR count). The number of nitrogens with zero attached hydrogens (tertiary/aromatic N) is 1. The van der Waals surface area contributed by atoms with E-state index in [0.717, 1.165) is 16.9 Å². The molecule has 122 valence electrons. The van der Waals surface area contributed by atoms with Crippen molar-refractivity contribution in [1.29, 1.82) is 0 Å². The highest BCUT2D eigenvalue weighted by Crippen LogP contribution is 2.18. The standard InChI is InChI=1S/C18H22N2O3/c1-12(2)23-16-6-4-14(5-7-16)17(21)11-20-18(22)15-8-13(3)9-19-10-15/h4-10,12,17,21H,11H2,1-3H3,(H,20,22). The molecular formula is C18H22N2O3. The number of carbonyl (C=O) groups excluding carboxylic acids is 1. The van der Waals surface area contributed by atoms with E-state index in [2.05, 4.69) is 10.3 Å². The van der Waals surface area contributed by atoms with Crippen LogP contribution in [0.3, 0.4) is 0 Å².